The fourth-order valence-corrected chi connectivity index (χ4v) is 24.0. The number of aromatic nitrogens is 9. The molecule has 28 aromatic rings. The van der Waals surface area contributed by atoms with Crippen LogP contribution >= 0.6 is 22.7 Å². The highest BCUT2D eigenvalue weighted by Crippen LogP contribution is 2.56. The van der Waals surface area contributed by atoms with Crippen molar-refractivity contribution in [2.24, 2.45) is 0 Å². The van der Waals surface area contributed by atoms with E-state index in [1.54, 1.807) is 0 Å². The monoisotopic (exact) mass is 1830 g/mol. The second kappa shape index (κ2) is 33.8. The highest BCUT2D eigenvalue weighted by Gasteiger charge is 2.39. The third kappa shape index (κ3) is 14.2. The van der Waals surface area contributed by atoms with Gasteiger partial charge in [0.25, 0.3) is 0 Å². The molecule has 11 heteroatoms. The van der Waals surface area contributed by atoms with Crippen LogP contribution in [0.5, 0.6) is 0 Å². The highest BCUT2D eigenvalue weighted by atomic mass is 32.1. The van der Waals surface area contributed by atoms with E-state index in [-0.39, 0.29) is 5.41 Å². The van der Waals surface area contributed by atoms with Crippen LogP contribution in [0.1, 0.15) is 25.0 Å². The standard InChI is InChI=1S/C48H33N3.C44H26N4S.C38H22N2S/c1-48(2)41-23-12-11-22-39(41)43-40-27-25-34-28-33(24-26-36(34)42(40)37-20-9-10-21-38(37)44(43)48)32-18-13-19-35(29-32)47-50-45(30-14-5-3-6-15-30)49-46(51-47)31-16-7-4-8-17-31;1-3-11-27(12-4-1)42-46-43(28-13-5-2-6-14-28)48-44(47-42)31-21-24-37(45-26-31)30-20-22-32-29(25-30)19-23-36-39(32)33-15-7-8-16-34(33)41-40(36)35-17-9-10-18-38(35)49-41;1-2-8-24(9-3-1)37-38(40-32-12-6-5-11-31(32)39-37)26-17-18-27-25(22-26)15-14-23-16-19-29-28(35(23)27)20-21-34-36(29)30-10-4-7-13-33(30)41-34/h3-29H,1-2H3;1-26H;1-22H. The van der Waals surface area contributed by atoms with Gasteiger partial charge in [0.1, 0.15) is 0 Å². The SMILES string of the molecule is CC1(C)c2ccccc2-c2c1c1ccccc1c1c2ccc2cc(-c3cccc(-c4nc(-c5ccccc5)nc(-c5ccccc5)n4)c3)ccc21.c1ccc(-c2nc(-c3ccccc3)nc(-c3ccc(-c4ccc5c(ccc6c5c5ccccc5c5sc7ccccc7c65)c4)nc3)n2)cc1.c1ccc(-c2nc3ccccc3nc2-c2ccc3c(ccc4ccc5c(ccc6sc7ccccc7c65)c43)c2)cc1. The van der Waals surface area contributed by atoms with Crippen LogP contribution in [0.3, 0.4) is 0 Å². The molecule has 9 nitrogen and oxygen atoms in total. The quantitative estimate of drug-likeness (QED) is 0.123. The van der Waals surface area contributed by atoms with Gasteiger partial charge in [-0.15, -0.1) is 22.7 Å². The van der Waals surface area contributed by atoms with E-state index in [2.05, 4.69) is 311 Å². The first-order chi connectivity index (χ1) is 69.6. The van der Waals surface area contributed by atoms with Gasteiger partial charge in [-0.1, -0.05) is 396 Å². The van der Waals surface area contributed by atoms with Crippen molar-refractivity contribution in [3.05, 3.63) is 466 Å². The lowest BCUT2D eigenvalue weighted by molar-refractivity contribution is 0.666. The van der Waals surface area contributed by atoms with Crippen LogP contribution in [0, 0.1) is 0 Å². The van der Waals surface area contributed by atoms with Gasteiger partial charge >= 0.3 is 0 Å². The molecule has 1 aliphatic carbocycles. The zero-order valence-corrected chi connectivity index (χ0v) is 78.3. The zero-order chi connectivity index (χ0) is 93.3. The van der Waals surface area contributed by atoms with Crippen molar-refractivity contribution in [1.29, 1.82) is 0 Å². The molecule has 0 radical (unpaired) electrons. The van der Waals surface area contributed by atoms with Crippen LogP contribution in [-0.4, -0.2) is 44.9 Å². The fourth-order valence-electron chi connectivity index (χ4n) is 21.6. The Morgan fingerprint density at radius 3 is 1.20 bits per heavy atom. The molecule has 29 rings (SSSR count). The van der Waals surface area contributed by atoms with Crippen molar-refractivity contribution in [2.45, 2.75) is 19.3 Å². The molecule has 0 N–H and O–H groups in total. The van der Waals surface area contributed by atoms with Gasteiger partial charge in [-0.3, -0.25) is 4.98 Å². The van der Waals surface area contributed by atoms with Crippen LogP contribution in [0.15, 0.2) is 455 Å². The molecule has 22 aromatic carbocycles. The van der Waals surface area contributed by atoms with E-state index in [1.807, 2.05) is 181 Å². The molecule has 1 aliphatic rings. The van der Waals surface area contributed by atoms with Gasteiger partial charge in [0, 0.05) is 107 Å². The molecule has 0 bridgehead atoms. The lowest BCUT2D eigenvalue weighted by Crippen LogP contribution is -2.15. The van der Waals surface area contributed by atoms with Crippen molar-refractivity contribution in [1.82, 2.24) is 44.9 Å². The lowest BCUT2D eigenvalue weighted by Gasteiger charge is -2.24. The molecule has 658 valence electrons. The number of rotatable bonds is 10. The molecule has 0 amide bonds. The summed E-state index contributed by atoms with van der Waals surface area (Å²) in [6.07, 6.45) is 1.87. The molecule has 0 aliphatic heterocycles. The average Bonchev–Trinajstić information content (AvgIpc) is 1.55. The Labute approximate surface area is 819 Å². The van der Waals surface area contributed by atoms with Gasteiger partial charge in [-0.2, -0.15) is 0 Å². The molecule has 0 unspecified atom stereocenters. The average molecular weight is 1830 g/mol. The summed E-state index contributed by atoms with van der Waals surface area (Å²) in [6, 6.07) is 159. The smallest absolute Gasteiger partial charge is 0.165 e. The van der Waals surface area contributed by atoms with Crippen LogP contribution in [-0.2, 0) is 5.41 Å². The van der Waals surface area contributed by atoms with Crippen LogP contribution in [0.4, 0.5) is 0 Å². The van der Waals surface area contributed by atoms with Crippen LogP contribution in [0.2, 0.25) is 0 Å². The van der Waals surface area contributed by atoms with Crippen LogP contribution in [0.25, 0.3) is 273 Å². The maximum Gasteiger partial charge on any atom is 0.165 e. The molecule has 0 fully saturated rings. The lowest BCUT2D eigenvalue weighted by atomic mass is 9.79. The highest BCUT2D eigenvalue weighted by molar-refractivity contribution is 7.27. The summed E-state index contributed by atoms with van der Waals surface area (Å²) in [5, 5.41) is 28.4. The molecule has 0 atom stereocenters. The number of fused-ring (bicyclic) bond motifs is 30. The number of benzene rings is 22. The first-order valence-corrected chi connectivity index (χ1v) is 49.3. The van der Waals surface area contributed by atoms with Crippen molar-refractivity contribution < 1.29 is 0 Å². The number of hydrogen-bond donors (Lipinski definition) is 0. The fraction of sp³-hybridized carbons (Fsp3) is 0.0231. The predicted molar refractivity (Wildman–Crippen MR) is 592 cm³/mol. The second-order valence-electron chi connectivity index (χ2n) is 36.8. The van der Waals surface area contributed by atoms with E-state index in [0.717, 1.165) is 89.3 Å². The largest absolute Gasteiger partial charge is 0.255 e. The Bertz CT molecular complexity index is 9850. The normalized spacial score (nSPS) is 12.2. The number of thiophene rings is 2. The molecule has 6 aromatic heterocycles. The predicted octanol–water partition coefficient (Wildman–Crippen LogP) is 34.9. The van der Waals surface area contributed by atoms with E-state index >= 15 is 0 Å². The molecule has 0 saturated carbocycles. The van der Waals surface area contributed by atoms with Gasteiger partial charge in [0.2, 0.25) is 0 Å². The zero-order valence-electron chi connectivity index (χ0n) is 76.6. The summed E-state index contributed by atoms with van der Waals surface area (Å²) >= 11 is 3.76. The Kier molecular flexibility index (Phi) is 19.8. The molecule has 141 heavy (non-hydrogen) atoms. The Balaban J connectivity index is 0.000000107. The number of pyridine rings is 1. The Morgan fingerprint density at radius 1 is 0.206 bits per heavy atom. The minimum absolute atomic E-state index is 0.0776. The first-order valence-electron chi connectivity index (χ1n) is 47.7. The first kappa shape index (κ1) is 82.6. The third-order valence-corrected chi connectivity index (χ3v) is 30.6. The van der Waals surface area contributed by atoms with Crippen LogP contribution < -0.4 is 0 Å². The molecule has 0 spiro atoms. The minimum atomic E-state index is -0.0776. The van der Waals surface area contributed by atoms with Gasteiger partial charge in [-0.05, 0) is 192 Å². The van der Waals surface area contributed by atoms with Crippen molar-refractivity contribution in [3.63, 3.8) is 0 Å². The maximum absolute atomic E-state index is 5.14. The van der Waals surface area contributed by atoms with E-state index in [4.69, 9.17) is 44.9 Å². The second-order valence-corrected chi connectivity index (χ2v) is 39.0. The summed E-state index contributed by atoms with van der Waals surface area (Å²) in [6.45, 7) is 4.75. The Morgan fingerprint density at radius 2 is 0.589 bits per heavy atom. The summed E-state index contributed by atoms with van der Waals surface area (Å²) in [7, 11) is 0. The summed E-state index contributed by atoms with van der Waals surface area (Å²) in [5.41, 5.74) is 21.1. The summed E-state index contributed by atoms with van der Waals surface area (Å²) in [5.74, 6) is 3.83. The maximum atomic E-state index is 5.14. The molecular formula is C130H81N9S2. The van der Waals surface area contributed by atoms with E-state index < -0.39 is 0 Å². The molecule has 0 saturated heterocycles. The van der Waals surface area contributed by atoms with Crippen molar-refractivity contribution >= 4 is 171 Å². The van der Waals surface area contributed by atoms with E-state index in [0.29, 0.717) is 34.9 Å². The van der Waals surface area contributed by atoms with E-state index in [9.17, 15) is 0 Å². The molecule has 6 heterocycles. The summed E-state index contributed by atoms with van der Waals surface area (Å²) < 4.78 is 5.35. The Hall–Kier alpha value is -17.9. The van der Waals surface area contributed by atoms with Gasteiger partial charge in [-0.25, -0.2) is 39.9 Å². The third-order valence-electron chi connectivity index (χ3n) is 28.2. The van der Waals surface area contributed by atoms with Gasteiger partial charge < -0.3 is 0 Å². The summed E-state index contributed by atoms with van der Waals surface area (Å²) in [4.78, 5) is 44.5. The van der Waals surface area contributed by atoms with Gasteiger partial charge in [0.05, 0.1) is 28.1 Å². The number of nitrogens with zero attached hydrogens (tertiary/aromatic N) is 9. The minimum Gasteiger partial charge on any atom is -0.255 e. The van der Waals surface area contributed by atoms with Gasteiger partial charge in [0.15, 0.2) is 34.9 Å². The number of hydrogen-bond acceptors (Lipinski definition) is 11. The number of para-hydroxylation sites is 2. The van der Waals surface area contributed by atoms with Crippen molar-refractivity contribution in [2.75, 3.05) is 0 Å². The van der Waals surface area contributed by atoms with Crippen molar-refractivity contribution in [3.8, 4) is 124 Å². The molecular weight excluding hydrogens is 1750 g/mol. The topological polar surface area (TPSA) is 116 Å². The van der Waals surface area contributed by atoms with E-state index in [1.165, 1.54) is 160 Å².